The zero-order chi connectivity index (χ0) is 20.1. The van der Waals surface area contributed by atoms with Crippen LogP contribution in [-0.2, 0) is 0 Å². The van der Waals surface area contributed by atoms with Crippen LogP contribution in [0.25, 0.3) is 11.3 Å². The Morgan fingerprint density at radius 2 is 1.86 bits per heavy atom. The third kappa shape index (κ3) is 4.60. The molecule has 1 aliphatic carbocycles. The second-order valence-corrected chi connectivity index (χ2v) is 8.57. The Morgan fingerprint density at radius 1 is 1.18 bits per heavy atom. The molecule has 2 aliphatic rings. The van der Waals surface area contributed by atoms with Crippen LogP contribution in [0.15, 0.2) is 31.4 Å². The molecule has 2 fully saturated rings. The normalized spacial score (nSPS) is 20.5. The molecule has 0 aromatic heterocycles. The molecule has 1 heterocycles. The van der Waals surface area contributed by atoms with Crippen molar-refractivity contribution < 1.29 is 4.39 Å². The number of rotatable bonds is 7. The zero-order valence-electron chi connectivity index (χ0n) is 17.6. The summed E-state index contributed by atoms with van der Waals surface area (Å²) >= 11 is 0. The highest BCUT2D eigenvalue weighted by Crippen LogP contribution is 2.36. The smallest absolute Gasteiger partial charge is 0.103 e. The van der Waals surface area contributed by atoms with Crippen molar-refractivity contribution in [1.82, 2.24) is 10.2 Å². The van der Waals surface area contributed by atoms with Crippen molar-refractivity contribution in [3.05, 3.63) is 42.5 Å². The number of likely N-dealkylation sites (tertiary alicyclic amines) is 1. The lowest BCUT2D eigenvalue weighted by Gasteiger charge is -2.49. The van der Waals surface area contributed by atoms with Gasteiger partial charge in [-0.2, -0.15) is 0 Å². The third-order valence-corrected chi connectivity index (χ3v) is 6.61. The van der Waals surface area contributed by atoms with Crippen LogP contribution in [0.1, 0.15) is 63.0 Å². The summed E-state index contributed by atoms with van der Waals surface area (Å²) in [5.41, 5.74) is 5.45. The second-order valence-electron chi connectivity index (χ2n) is 8.57. The summed E-state index contributed by atoms with van der Waals surface area (Å²) in [5, 5.41) is 6.87. The molecule has 28 heavy (non-hydrogen) atoms. The molecule has 0 unspecified atom stereocenters. The fraction of sp³-hybridized carbons (Fsp3) is 0.583. The van der Waals surface area contributed by atoms with Gasteiger partial charge in [0.2, 0.25) is 0 Å². The number of benzene rings is 1. The van der Waals surface area contributed by atoms with Gasteiger partial charge in [0, 0.05) is 49.2 Å². The van der Waals surface area contributed by atoms with E-state index in [4.69, 9.17) is 0 Å². The van der Waals surface area contributed by atoms with Gasteiger partial charge < -0.3 is 10.6 Å². The number of hydrogen-bond donors (Lipinski definition) is 2. The van der Waals surface area contributed by atoms with Crippen LogP contribution in [0.2, 0.25) is 0 Å². The monoisotopic (exact) mass is 385 g/mol. The number of alkyl halides is 1. The van der Waals surface area contributed by atoms with Gasteiger partial charge in [0.05, 0.1) is 0 Å². The number of nitrogens with one attached hydrogen (secondary N) is 2. The van der Waals surface area contributed by atoms with E-state index in [2.05, 4.69) is 46.9 Å². The van der Waals surface area contributed by atoms with Gasteiger partial charge in [0.15, 0.2) is 0 Å². The summed E-state index contributed by atoms with van der Waals surface area (Å²) in [6.45, 7) is 13.1. The predicted octanol–water partition coefficient (Wildman–Crippen LogP) is 5.46. The maximum Gasteiger partial charge on any atom is 0.103 e. The summed E-state index contributed by atoms with van der Waals surface area (Å²) < 4.78 is 13.7. The van der Waals surface area contributed by atoms with E-state index in [0.717, 1.165) is 47.7 Å². The van der Waals surface area contributed by atoms with Crippen molar-refractivity contribution in [2.45, 2.75) is 63.6 Å². The Balaban J connectivity index is 1.72. The summed E-state index contributed by atoms with van der Waals surface area (Å²) in [4.78, 5) is 2.56. The first-order chi connectivity index (χ1) is 13.4. The minimum Gasteiger partial charge on any atom is -0.388 e. The lowest BCUT2D eigenvalue weighted by atomic mass is 9.79. The van der Waals surface area contributed by atoms with E-state index in [1.54, 1.807) is 0 Å². The molecule has 154 valence electrons. The Kier molecular flexibility index (Phi) is 6.82. The molecule has 4 heteroatoms. The minimum absolute atomic E-state index is 0.142. The maximum atomic E-state index is 13.7. The van der Waals surface area contributed by atoms with Gasteiger partial charge >= 0.3 is 0 Å². The van der Waals surface area contributed by atoms with Crippen LogP contribution in [0, 0.1) is 0 Å². The maximum absolute atomic E-state index is 13.7. The van der Waals surface area contributed by atoms with E-state index < -0.39 is 6.17 Å². The molecule has 1 saturated carbocycles. The van der Waals surface area contributed by atoms with E-state index in [0.29, 0.717) is 12.8 Å². The van der Waals surface area contributed by atoms with Gasteiger partial charge in [-0.25, -0.2) is 4.39 Å². The molecule has 0 spiro atoms. The Hall–Kier alpha value is -1.81. The molecular formula is C24H36FN3. The fourth-order valence-corrected chi connectivity index (χ4v) is 4.81. The number of hydrogen-bond acceptors (Lipinski definition) is 3. The van der Waals surface area contributed by atoms with Crippen molar-refractivity contribution in [2.24, 2.45) is 0 Å². The van der Waals surface area contributed by atoms with Crippen LogP contribution in [0.4, 0.5) is 10.1 Å². The molecule has 3 rings (SSSR count). The molecule has 1 aliphatic heterocycles. The average Bonchev–Trinajstić information content (AvgIpc) is 2.72. The van der Waals surface area contributed by atoms with Crippen molar-refractivity contribution in [2.75, 3.05) is 32.0 Å². The van der Waals surface area contributed by atoms with E-state index in [1.807, 2.05) is 14.0 Å². The highest BCUT2D eigenvalue weighted by molar-refractivity contribution is 5.77. The lowest BCUT2D eigenvalue weighted by Crippen LogP contribution is -2.58. The largest absolute Gasteiger partial charge is 0.388 e. The Morgan fingerprint density at radius 3 is 2.46 bits per heavy atom. The van der Waals surface area contributed by atoms with Crippen LogP contribution in [0.3, 0.4) is 0 Å². The van der Waals surface area contributed by atoms with Crippen LogP contribution in [0.5, 0.6) is 0 Å². The first kappa shape index (κ1) is 20.9. The minimum atomic E-state index is -0.619. The second kappa shape index (κ2) is 9.13. The molecule has 0 atom stereocenters. The van der Waals surface area contributed by atoms with Crippen molar-refractivity contribution in [3.63, 3.8) is 0 Å². The molecule has 1 saturated heterocycles. The van der Waals surface area contributed by atoms with Crippen molar-refractivity contribution in [3.8, 4) is 0 Å². The molecule has 2 N–H and O–H groups in total. The number of anilines is 1. The summed E-state index contributed by atoms with van der Waals surface area (Å²) in [6, 6.07) is 6.36. The van der Waals surface area contributed by atoms with E-state index >= 15 is 0 Å². The summed E-state index contributed by atoms with van der Waals surface area (Å²) in [5.74, 6) is 0. The van der Waals surface area contributed by atoms with Gasteiger partial charge in [0.25, 0.3) is 0 Å². The highest BCUT2D eigenvalue weighted by atomic mass is 19.1. The summed E-state index contributed by atoms with van der Waals surface area (Å²) in [7, 11) is 1.93. The number of piperidine rings is 1. The van der Waals surface area contributed by atoms with Crippen molar-refractivity contribution >= 4 is 17.0 Å². The molecule has 0 amide bonds. The third-order valence-electron chi connectivity index (χ3n) is 6.61. The van der Waals surface area contributed by atoms with Crippen LogP contribution >= 0.6 is 0 Å². The first-order valence-corrected chi connectivity index (χ1v) is 10.8. The molecule has 1 aromatic rings. The molecule has 1 aromatic carbocycles. The van der Waals surface area contributed by atoms with Gasteiger partial charge in [0.1, 0.15) is 6.17 Å². The zero-order valence-corrected chi connectivity index (χ0v) is 17.6. The van der Waals surface area contributed by atoms with E-state index in [-0.39, 0.29) is 5.54 Å². The first-order valence-electron chi connectivity index (χ1n) is 10.8. The Labute approximate surface area is 170 Å². The topological polar surface area (TPSA) is 27.3 Å². The van der Waals surface area contributed by atoms with Crippen molar-refractivity contribution in [1.29, 1.82) is 0 Å². The number of allylic oxidation sites excluding steroid dienone is 1. The average molecular weight is 386 g/mol. The quantitative estimate of drug-likeness (QED) is 0.653. The van der Waals surface area contributed by atoms with Crippen LogP contribution in [-0.4, -0.2) is 43.3 Å². The summed E-state index contributed by atoms with van der Waals surface area (Å²) in [6.07, 6.45) is 6.97. The van der Waals surface area contributed by atoms with Gasteiger partial charge in [-0.15, -0.1) is 0 Å². The van der Waals surface area contributed by atoms with Gasteiger partial charge in [-0.05, 0) is 55.9 Å². The molecular weight excluding hydrogens is 349 g/mol. The van der Waals surface area contributed by atoms with E-state index in [1.165, 1.54) is 32.1 Å². The van der Waals surface area contributed by atoms with E-state index in [9.17, 15) is 4.39 Å². The Bertz CT molecular complexity index is 698. The highest BCUT2D eigenvalue weighted by Gasteiger charge is 2.39. The fourth-order valence-electron chi connectivity index (χ4n) is 4.81. The molecule has 0 radical (unpaired) electrons. The number of nitrogens with zero attached hydrogens (tertiary/aromatic N) is 1. The van der Waals surface area contributed by atoms with Gasteiger partial charge in [-0.1, -0.05) is 38.5 Å². The van der Waals surface area contributed by atoms with Gasteiger partial charge in [-0.3, -0.25) is 4.90 Å². The lowest BCUT2D eigenvalue weighted by molar-refractivity contribution is 0.0170. The standard InChI is InChI=1S/C24H36FN3/c1-18(2)22-16-20(8-9-23(22)26-4)19(3)27-17-24(12-6-5-7-13-24)28-14-10-21(25)11-15-28/h8-9,16,21,26-27H,1,3,5-7,10-15,17H2,2,4H3. The SMILES string of the molecule is C=C(NCC1(N2CCC(F)CC2)CCCCC1)c1ccc(NC)c(C(=C)C)c1. The van der Waals surface area contributed by atoms with Crippen LogP contribution < -0.4 is 10.6 Å². The predicted molar refractivity (Wildman–Crippen MR) is 119 cm³/mol. The molecule has 3 nitrogen and oxygen atoms in total. The molecule has 0 bridgehead atoms. The number of halogens is 1.